The van der Waals surface area contributed by atoms with Gasteiger partial charge in [-0.15, -0.1) is 0 Å². The third-order valence-electron chi connectivity index (χ3n) is 0.941. The number of allylic oxidation sites excluding steroid dienone is 6. The van der Waals surface area contributed by atoms with Crippen LogP contribution in [0.15, 0.2) is 47.5 Å². The van der Waals surface area contributed by atoms with Gasteiger partial charge in [0, 0.05) is 4.48 Å². The number of hydrogen-bond donors (Lipinski definition) is 0. The highest BCUT2D eigenvalue weighted by molar-refractivity contribution is 9.11. The average molecular weight is 229 g/mol. The van der Waals surface area contributed by atoms with Crippen molar-refractivity contribution in [1.82, 2.24) is 0 Å². The van der Waals surface area contributed by atoms with Gasteiger partial charge in [0.15, 0.2) is 0 Å². The van der Waals surface area contributed by atoms with Gasteiger partial charge in [0.1, 0.15) is 0 Å². The molecular weight excluding hydrogens is 212 g/mol. The molecule has 0 aliphatic rings. The summed E-state index contributed by atoms with van der Waals surface area (Å²) in [4.78, 5) is 0. The summed E-state index contributed by atoms with van der Waals surface area (Å²) in [5.41, 5.74) is 1.15. The maximum Gasteiger partial charge on any atom is 0.0172 e. The minimum atomic E-state index is 0.989. The second kappa shape index (κ2) is 10.4. The zero-order valence-electron chi connectivity index (χ0n) is 8.10. The Kier molecular flexibility index (Phi) is 12.2. The molecule has 0 unspecified atom stereocenters. The van der Waals surface area contributed by atoms with E-state index >= 15 is 0 Å². The highest BCUT2D eigenvalue weighted by Gasteiger charge is 1.82. The third-order valence-corrected chi connectivity index (χ3v) is 1.49. The quantitative estimate of drug-likeness (QED) is 0.620. The van der Waals surface area contributed by atoms with Crippen LogP contribution in [0.2, 0.25) is 0 Å². The molecule has 0 rings (SSSR count). The van der Waals surface area contributed by atoms with Crippen molar-refractivity contribution in [1.29, 1.82) is 0 Å². The zero-order chi connectivity index (χ0) is 9.98. The van der Waals surface area contributed by atoms with Crippen molar-refractivity contribution >= 4 is 15.9 Å². The fourth-order valence-corrected chi connectivity index (χ4v) is 0.872. The van der Waals surface area contributed by atoms with Gasteiger partial charge < -0.3 is 0 Å². The Labute approximate surface area is 84.5 Å². The second-order valence-electron chi connectivity index (χ2n) is 1.88. The van der Waals surface area contributed by atoms with Gasteiger partial charge in [-0.05, 0) is 13.0 Å². The molecule has 0 saturated carbocycles. The van der Waals surface area contributed by atoms with E-state index < -0.39 is 0 Å². The lowest BCUT2D eigenvalue weighted by molar-refractivity contribution is 1.50. The van der Waals surface area contributed by atoms with Crippen LogP contribution in [0.1, 0.15) is 20.8 Å². The van der Waals surface area contributed by atoms with E-state index in [1.807, 2.05) is 32.9 Å². The van der Waals surface area contributed by atoms with Crippen molar-refractivity contribution < 1.29 is 0 Å². The summed E-state index contributed by atoms with van der Waals surface area (Å²) >= 11 is 3.32. The molecule has 0 aromatic heterocycles. The molecule has 1 heteroatoms. The molecule has 0 nitrogen and oxygen atoms in total. The van der Waals surface area contributed by atoms with Crippen molar-refractivity contribution in [3.63, 3.8) is 0 Å². The third kappa shape index (κ3) is 9.44. The maximum atomic E-state index is 3.61. The smallest absolute Gasteiger partial charge is 0.0172 e. The lowest BCUT2D eigenvalue weighted by Crippen LogP contribution is -1.67. The topological polar surface area (TPSA) is 0 Å². The maximum absolute atomic E-state index is 3.61. The first kappa shape index (κ1) is 14.0. The largest absolute Gasteiger partial charge is 0.0991 e. The van der Waals surface area contributed by atoms with Crippen molar-refractivity contribution in [2.24, 2.45) is 0 Å². The van der Waals surface area contributed by atoms with Gasteiger partial charge in [0.2, 0.25) is 0 Å². The van der Waals surface area contributed by atoms with Gasteiger partial charge in [-0.1, -0.05) is 66.7 Å². The van der Waals surface area contributed by atoms with Gasteiger partial charge in [-0.25, -0.2) is 0 Å². The summed E-state index contributed by atoms with van der Waals surface area (Å²) in [6.45, 7) is 13.2. The Bertz CT molecular complexity index is 185. The van der Waals surface area contributed by atoms with Gasteiger partial charge in [0.05, 0.1) is 0 Å². The fraction of sp³-hybridized carbons (Fsp3) is 0.273. The molecule has 0 N–H and O–H groups in total. The summed E-state index contributed by atoms with van der Waals surface area (Å²) in [6.07, 6.45) is 7.43. The summed E-state index contributed by atoms with van der Waals surface area (Å²) in [6, 6.07) is 0. The van der Waals surface area contributed by atoms with E-state index in [1.165, 1.54) is 0 Å². The van der Waals surface area contributed by atoms with Crippen LogP contribution < -0.4 is 0 Å². The highest BCUT2D eigenvalue weighted by atomic mass is 79.9. The lowest BCUT2D eigenvalue weighted by atomic mass is 10.2. The zero-order valence-corrected chi connectivity index (χ0v) is 9.69. The monoisotopic (exact) mass is 228 g/mol. The summed E-state index contributed by atoms with van der Waals surface area (Å²) in [7, 11) is 0. The van der Waals surface area contributed by atoms with E-state index in [0.29, 0.717) is 0 Å². The Morgan fingerprint density at radius 3 is 2.08 bits per heavy atom. The first-order valence-corrected chi connectivity index (χ1v) is 4.79. The molecule has 0 spiro atoms. The molecule has 0 aromatic rings. The summed E-state index contributed by atoms with van der Waals surface area (Å²) in [5.74, 6) is 0. The molecule has 0 saturated heterocycles. The van der Waals surface area contributed by atoms with E-state index in [-0.39, 0.29) is 0 Å². The van der Waals surface area contributed by atoms with E-state index in [4.69, 9.17) is 0 Å². The predicted octanol–water partition coefficient (Wildman–Crippen LogP) is 4.61. The number of hydrogen-bond acceptors (Lipinski definition) is 0. The molecule has 12 heavy (non-hydrogen) atoms. The van der Waals surface area contributed by atoms with Gasteiger partial charge >= 0.3 is 0 Å². The van der Waals surface area contributed by atoms with Crippen molar-refractivity contribution in [2.75, 3.05) is 0 Å². The van der Waals surface area contributed by atoms with Gasteiger partial charge in [-0.3, -0.25) is 0 Å². The van der Waals surface area contributed by atoms with Crippen LogP contribution >= 0.6 is 15.9 Å². The number of halogens is 1. The summed E-state index contributed by atoms with van der Waals surface area (Å²) < 4.78 is 0.989. The van der Waals surface area contributed by atoms with Crippen molar-refractivity contribution in [2.45, 2.75) is 20.8 Å². The number of rotatable bonds is 3. The average Bonchev–Trinajstić information content (AvgIpc) is 2.08. The van der Waals surface area contributed by atoms with Crippen LogP contribution in [0.5, 0.6) is 0 Å². The van der Waals surface area contributed by atoms with Crippen LogP contribution in [-0.2, 0) is 0 Å². The molecule has 68 valence electrons. The molecule has 0 aromatic carbocycles. The van der Waals surface area contributed by atoms with Crippen LogP contribution in [0.3, 0.4) is 0 Å². The minimum Gasteiger partial charge on any atom is -0.0991 e. The van der Waals surface area contributed by atoms with Crippen molar-refractivity contribution in [3.05, 3.63) is 47.5 Å². The Morgan fingerprint density at radius 1 is 1.25 bits per heavy atom. The minimum absolute atomic E-state index is 0.989. The molecule has 0 aliphatic heterocycles. The van der Waals surface area contributed by atoms with E-state index in [9.17, 15) is 0 Å². The van der Waals surface area contributed by atoms with E-state index in [2.05, 4.69) is 29.1 Å². The lowest BCUT2D eigenvalue weighted by Gasteiger charge is -1.89. The predicted molar refractivity (Wildman–Crippen MR) is 62.5 cm³/mol. The molecule has 0 fully saturated rings. The Morgan fingerprint density at radius 2 is 1.75 bits per heavy atom. The molecular formula is C11H17Br. The van der Waals surface area contributed by atoms with E-state index in [0.717, 1.165) is 10.1 Å². The van der Waals surface area contributed by atoms with E-state index in [1.54, 1.807) is 12.2 Å². The standard InChI is InChI=1S/C9H11Br.C2H6/c1-4-6-8(3)7-9(10)5-2;1-2/h4-7H,1-2H2,3H3;1-2H3/b8-6-,9-7+;. The first-order chi connectivity index (χ1) is 5.70. The van der Waals surface area contributed by atoms with Crippen molar-refractivity contribution in [3.8, 4) is 0 Å². The highest BCUT2D eigenvalue weighted by Crippen LogP contribution is 2.09. The van der Waals surface area contributed by atoms with Gasteiger partial charge in [-0.2, -0.15) is 0 Å². The molecule has 0 bridgehead atoms. The van der Waals surface area contributed by atoms with Crippen LogP contribution in [0, 0.1) is 0 Å². The van der Waals surface area contributed by atoms with Crippen LogP contribution in [0.25, 0.3) is 0 Å². The normalized spacial score (nSPS) is 11.3. The van der Waals surface area contributed by atoms with Crippen LogP contribution in [-0.4, -0.2) is 0 Å². The van der Waals surface area contributed by atoms with Crippen LogP contribution in [0.4, 0.5) is 0 Å². The molecule has 0 atom stereocenters. The SMILES string of the molecule is C=C/C=C(C)\C=C(\Br)C=C.CC. The molecule has 0 aliphatic carbocycles. The first-order valence-electron chi connectivity index (χ1n) is 3.99. The van der Waals surface area contributed by atoms with Gasteiger partial charge in [0.25, 0.3) is 0 Å². The molecule has 0 amide bonds. The second-order valence-corrected chi connectivity index (χ2v) is 2.80. The Balaban J connectivity index is 0. The fourth-order valence-electron chi connectivity index (χ4n) is 0.510. The summed E-state index contributed by atoms with van der Waals surface area (Å²) in [5, 5.41) is 0. The molecule has 0 heterocycles. The molecule has 0 radical (unpaired) electrons. The Hall–Kier alpha value is -0.560.